The maximum absolute atomic E-state index is 12.4. The first-order valence-corrected chi connectivity index (χ1v) is 10.8. The van der Waals surface area contributed by atoms with Gasteiger partial charge < -0.3 is 5.32 Å². The lowest BCUT2D eigenvalue weighted by molar-refractivity contribution is 0.256. The second-order valence-corrected chi connectivity index (χ2v) is 8.91. The van der Waals surface area contributed by atoms with E-state index in [1.165, 1.54) is 23.5 Å². The van der Waals surface area contributed by atoms with E-state index < -0.39 is 16.1 Å². The SMILES string of the molecule is Cc1ncc(CS(=O)(=O)NC(=O)Nc2c3c(cc4c2CCC4)CCC3)cn1. The molecule has 0 unspecified atom stereocenters. The Kier molecular flexibility index (Phi) is 4.59. The Labute approximate surface area is 158 Å². The summed E-state index contributed by atoms with van der Waals surface area (Å²) < 4.78 is 26.8. The number of nitrogens with zero attached hydrogens (tertiary/aromatic N) is 2. The Morgan fingerprint density at radius 3 is 2.22 bits per heavy atom. The van der Waals surface area contributed by atoms with Gasteiger partial charge in [-0.3, -0.25) is 0 Å². The lowest BCUT2D eigenvalue weighted by Crippen LogP contribution is -2.35. The van der Waals surface area contributed by atoms with Gasteiger partial charge in [-0.05, 0) is 67.7 Å². The molecule has 0 spiro atoms. The minimum absolute atomic E-state index is 0.342. The van der Waals surface area contributed by atoms with Crippen LogP contribution in [0, 0.1) is 6.92 Å². The Morgan fingerprint density at radius 1 is 1.04 bits per heavy atom. The third-order valence-corrected chi connectivity index (χ3v) is 6.36. The molecule has 1 heterocycles. The molecule has 0 radical (unpaired) electrons. The lowest BCUT2D eigenvalue weighted by atomic mass is 9.99. The van der Waals surface area contributed by atoms with Crippen molar-refractivity contribution in [3.63, 3.8) is 0 Å². The fraction of sp³-hybridized carbons (Fsp3) is 0.421. The molecule has 7 nitrogen and oxygen atoms in total. The van der Waals surface area contributed by atoms with Crippen molar-refractivity contribution in [1.29, 1.82) is 0 Å². The average molecular weight is 386 g/mol. The van der Waals surface area contributed by atoms with E-state index in [9.17, 15) is 13.2 Å². The third-order valence-electron chi connectivity index (χ3n) is 5.15. The number of fused-ring (bicyclic) bond motifs is 2. The number of aromatic nitrogens is 2. The standard InChI is InChI=1S/C19H22N4O3S/c1-12-20-9-13(10-21-12)11-27(25,26)23-19(24)22-18-16-6-2-4-14(16)8-15-5-3-7-17(15)18/h8-10H,2-7,11H2,1H3,(H2,22,23,24). The number of hydrogen-bond donors (Lipinski definition) is 2. The van der Waals surface area contributed by atoms with Crippen LogP contribution >= 0.6 is 0 Å². The molecule has 0 fully saturated rings. The summed E-state index contributed by atoms with van der Waals surface area (Å²) in [6.07, 6.45) is 8.93. The number of amides is 2. The monoisotopic (exact) mass is 386 g/mol. The fourth-order valence-electron chi connectivity index (χ4n) is 4.00. The first-order valence-electron chi connectivity index (χ1n) is 9.17. The molecule has 2 aromatic rings. The summed E-state index contributed by atoms with van der Waals surface area (Å²) in [5.74, 6) is 0.222. The molecule has 8 heteroatoms. The molecule has 1 aromatic carbocycles. The largest absolute Gasteiger partial charge is 0.332 e. The van der Waals surface area contributed by atoms with Crippen LogP contribution in [0.15, 0.2) is 18.5 Å². The maximum Gasteiger partial charge on any atom is 0.332 e. The second-order valence-electron chi connectivity index (χ2n) is 7.19. The Morgan fingerprint density at radius 2 is 1.63 bits per heavy atom. The highest BCUT2D eigenvalue weighted by Gasteiger charge is 2.26. The summed E-state index contributed by atoms with van der Waals surface area (Å²) in [6, 6.07) is 1.56. The van der Waals surface area contributed by atoms with Gasteiger partial charge in [0, 0.05) is 23.6 Å². The van der Waals surface area contributed by atoms with Crippen LogP contribution < -0.4 is 10.0 Å². The predicted molar refractivity (Wildman–Crippen MR) is 102 cm³/mol. The fourth-order valence-corrected chi connectivity index (χ4v) is 4.99. The number of carbonyl (C=O) groups excluding carboxylic acids is 1. The van der Waals surface area contributed by atoms with Crippen molar-refractivity contribution in [2.75, 3.05) is 5.32 Å². The molecule has 2 amide bonds. The van der Waals surface area contributed by atoms with Gasteiger partial charge in [-0.25, -0.2) is 27.9 Å². The van der Waals surface area contributed by atoms with E-state index in [2.05, 4.69) is 26.1 Å². The third kappa shape index (κ3) is 3.80. The highest BCUT2D eigenvalue weighted by Crippen LogP contribution is 2.38. The van der Waals surface area contributed by atoms with E-state index in [4.69, 9.17) is 0 Å². The summed E-state index contributed by atoms with van der Waals surface area (Å²) in [4.78, 5) is 20.4. The normalized spacial score (nSPS) is 15.3. The maximum atomic E-state index is 12.4. The number of urea groups is 1. The summed E-state index contributed by atoms with van der Waals surface area (Å²) in [5.41, 5.74) is 6.15. The van der Waals surface area contributed by atoms with Crippen molar-refractivity contribution in [3.8, 4) is 0 Å². The molecule has 142 valence electrons. The van der Waals surface area contributed by atoms with Crippen molar-refractivity contribution >= 4 is 21.7 Å². The second kappa shape index (κ2) is 6.92. The molecule has 0 aliphatic heterocycles. The summed E-state index contributed by atoms with van der Waals surface area (Å²) in [5, 5.41) is 2.83. The number of aryl methyl sites for hydroxylation is 3. The van der Waals surface area contributed by atoms with E-state index in [0.29, 0.717) is 11.4 Å². The Hall–Kier alpha value is -2.48. The van der Waals surface area contributed by atoms with E-state index in [-0.39, 0.29) is 5.75 Å². The summed E-state index contributed by atoms with van der Waals surface area (Å²) in [6.45, 7) is 1.72. The lowest BCUT2D eigenvalue weighted by Gasteiger charge is -2.16. The molecule has 0 saturated carbocycles. The van der Waals surface area contributed by atoms with Gasteiger partial charge in [0.05, 0.1) is 5.75 Å². The Balaban J connectivity index is 1.51. The molecule has 0 bridgehead atoms. The molecule has 0 atom stereocenters. The molecule has 4 rings (SSSR count). The quantitative estimate of drug-likeness (QED) is 0.840. The van der Waals surface area contributed by atoms with E-state index in [0.717, 1.165) is 55.3 Å². The number of anilines is 1. The zero-order valence-electron chi connectivity index (χ0n) is 15.2. The van der Waals surface area contributed by atoms with E-state index in [1.807, 2.05) is 0 Å². The van der Waals surface area contributed by atoms with Gasteiger partial charge in [0.2, 0.25) is 10.0 Å². The topological polar surface area (TPSA) is 101 Å². The van der Waals surface area contributed by atoms with Crippen molar-refractivity contribution in [2.24, 2.45) is 0 Å². The van der Waals surface area contributed by atoms with Gasteiger partial charge in [0.1, 0.15) is 5.82 Å². The smallest absolute Gasteiger partial charge is 0.307 e. The minimum atomic E-state index is -3.84. The number of carbonyl (C=O) groups is 1. The summed E-state index contributed by atoms with van der Waals surface area (Å²) >= 11 is 0. The Bertz CT molecular complexity index is 968. The van der Waals surface area contributed by atoms with Crippen molar-refractivity contribution in [2.45, 2.75) is 51.2 Å². The zero-order chi connectivity index (χ0) is 19.0. The van der Waals surface area contributed by atoms with E-state index in [1.54, 1.807) is 6.92 Å². The first-order chi connectivity index (χ1) is 12.9. The van der Waals surface area contributed by atoms with Crippen molar-refractivity contribution < 1.29 is 13.2 Å². The van der Waals surface area contributed by atoms with Crippen LogP contribution in [0.25, 0.3) is 0 Å². The molecule has 2 N–H and O–H groups in total. The molecule has 27 heavy (non-hydrogen) atoms. The van der Waals surface area contributed by atoms with Crippen LogP contribution in [0.1, 0.15) is 46.5 Å². The van der Waals surface area contributed by atoms with Gasteiger partial charge in [-0.1, -0.05) is 6.07 Å². The van der Waals surface area contributed by atoms with Gasteiger partial charge in [0.25, 0.3) is 0 Å². The van der Waals surface area contributed by atoms with Crippen molar-refractivity contribution in [3.05, 3.63) is 52.1 Å². The van der Waals surface area contributed by atoms with E-state index >= 15 is 0 Å². The van der Waals surface area contributed by atoms with Crippen LogP contribution in [-0.2, 0) is 41.5 Å². The molecule has 2 aliphatic carbocycles. The van der Waals surface area contributed by atoms with Gasteiger partial charge in [-0.15, -0.1) is 0 Å². The molecule has 0 saturated heterocycles. The average Bonchev–Trinajstić information content (AvgIpc) is 3.25. The molecule has 2 aliphatic rings. The van der Waals surface area contributed by atoms with Gasteiger partial charge >= 0.3 is 6.03 Å². The number of sulfonamides is 1. The number of benzene rings is 1. The zero-order valence-corrected chi connectivity index (χ0v) is 16.0. The molecule has 1 aromatic heterocycles. The van der Waals surface area contributed by atoms with Gasteiger partial charge in [-0.2, -0.15) is 0 Å². The van der Waals surface area contributed by atoms with Gasteiger partial charge in [0.15, 0.2) is 0 Å². The highest BCUT2D eigenvalue weighted by molar-refractivity contribution is 7.89. The van der Waals surface area contributed by atoms with Crippen LogP contribution in [0.2, 0.25) is 0 Å². The molecular formula is C19H22N4O3S. The summed E-state index contributed by atoms with van der Waals surface area (Å²) in [7, 11) is -3.84. The van der Waals surface area contributed by atoms with Crippen LogP contribution in [-0.4, -0.2) is 24.4 Å². The van der Waals surface area contributed by atoms with Crippen LogP contribution in [0.3, 0.4) is 0 Å². The first kappa shape index (κ1) is 17.9. The van der Waals surface area contributed by atoms with Crippen molar-refractivity contribution in [1.82, 2.24) is 14.7 Å². The number of nitrogens with one attached hydrogen (secondary N) is 2. The molecular weight excluding hydrogens is 364 g/mol. The van der Waals surface area contributed by atoms with Crippen LogP contribution in [0.5, 0.6) is 0 Å². The number of rotatable bonds is 4. The number of hydrogen-bond acceptors (Lipinski definition) is 5. The predicted octanol–water partition coefficient (Wildman–Crippen LogP) is 2.41. The van der Waals surface area contributed by atoms with Crippen LogP contribution in [0.4, 0.5) is 10.5 Å². The minimum Gasteiger partial charge on any atom is -0.307 e. The highest BCUT2D eigenvalue weighted by atomic mass is 32.2.